The number of aryl methyl sites for hydroxylation is 1. The average Bonchev–Trinajstić information content (AvgIpc) is 3.31. The summed E-state index contributed by atoms with van der Waals surface area (Å²) in [4.78, 5) is 24.2. The molecule has 0 radical (unpaired) electrons. The summed E-state index contributed by atoms with van der Waals surface area (Å²) in [6, 6.07) is 9.99. The molecule has 1 aromatic carbocycles. The molecular weight excluding hydrogens is 386 g/mol. The Hall–Kier alpha value is -2.87. The Morgan fingerprint density at radius 1 is 1.24 bits per heavy atom. The van der Waals surface area contributed by atoms with Gasteiger partial charge in [-0.1, -0.05) is 17.8 Å². The predicted molar refractivity (Wildman–Crippen MR) is 113 cm³/mol. The molecule has 1 saturated carbocycles. The van der Waals surface area contributed by atoms with Crippen molar-refractivity contribution in [1.82, 2.24) is 19.3 Å². The molecule has 8 heteroatoms. The number of aromatic nitrogens is 4. The average molecular weight is 410 g/mol. The minimum absolute atomic E-state index is 0.0940. The smallest absolute Gasteiger partial charge is 0.221 e. The maximum Gasteiger partial charge on any atom is 0.221 e. The van der Waals surface area contributed by atoms with Crippen molar-refractivity contribution in [3.8, 4) is 5.69 Å². The van der Waals surface area contributed by atoms with Crippen LogP contribution in [0.3, 0.4) is 0 Å². The number of benzene rings is 1. The SMILES string of the molecule is CC(=O)Nc1cccc(-n2cnnc2SCC(=O)c2cc(C)n(C3CC3)c2C)c1. The van der Waals surface area contributed by atoms with Crippen LogP contribution in [-0.2, 0) is 4.79 Å². The Bertz CT molecular complexity index is 1080. The second kappa shape index (κ2) is 7.87. The van der Waals surface area contributed by atoms with Gasteiger partial charge in [-0.3, -0.25) is 14.2 Å². The highest BCUT2D eigenvalue weighted by molar-refractivity contribution is 7.99. The zero-order valence-corrected chi connectivity index (χ0v) is 17.5. The first-order valence-electron chi connectivity index (χ1n) is 9.56. The third kappa shape index (κ3) is 4.12. The Morgan fingerprint density at radius 2 is 2.03 bits per heavy atom. The Kier molecular flexibility index (Phi) is 5.27. The first-order valence-corrected chi connectivity index (χ1v) is 10.5. The summed E-state index contributed by atoms with van der Waals surface area (Å²) in [5.41, 5.74) is 4.52. The molecule has 7 nitrogen and oxygen atoms in total. The van der Waals surface area contributed by atoms with Gasteiger partial charge in [0.25, 0.3) is 0 Å². The first-order chi connectivity index (χ1) is 13.9. The van der Waals surface area contributed by atoms with E-state index in [1.165, 1.54) is 31.5 Å². The number of anilines is 1. The number of ketones is 1. The van der Waals surface area contributed by atoms with Gasteiger partial charge in [-0.15, -0.1) is 10.2 Å². The lowest BCUT2D eigenvalue weighted by Crippen LogP contribution is -2.07. The molecule has 0 unspecified atom stereocenters. The summed E-state index contributed by atoms with van der Waals surface area (Å²) in [6.07, 6.45) is 4.00. The molecule has 1 aliphatic carbocycles. The number of hydrogen-bond donors (Lipinski definition) is 1. The second-order valence-electron chi connectivity index (χ2n) is 7.31. The number of Topliss-reactive ketones (excluding diaryl/α,β-unsaturated/α-hetero) is 1. The van der Waals surface area contributed by atoms with Gasteiger partial charge >= 0.3 is 0 Å². The quantitative estimate of drug-likeness (QED) is 0.472. The first kappa shape index (κ1) is 19.4. The number of nitrogens with zero attached hydrogens (tertiary/aromatic N) is 4. The topological polar surface area (TPSA) is 81.8 Å². The number of thioether (sulfide) groups is 1. The van der Waals surface area contributed by atoms with Gasteiger partial charge in [0.2, 0.25) is 5.91 Å². The van der Waals surface area contributed by atoms with Crippen molar-refractivity contribution < 1.29 is 9.59 Å². The van der Waals surface area contributed by atoms with Crippen molar-refractivity contribution in [3.05, 3.63) is 53.6 Å². The van der Waals surface area contributed by atoms with Gasteiger partial charge in [0.15, 0.2) is 10.9 Å². The molecule has 0 spiro atoms. The van der Waals surface area contributed by atoms with Crippen LogP contribution in [0.2, 0.25) is 0 Å². The van der Waals surface area contributed by atoms with Gasteiger partial charge in [-0.2, -0.15) is 0 Å². The van der Waals surface area contributed by atoms with Crippen LogP contribution in [0.4, 0.5) is 5.69 Å². The third-order valence-corrected chi connectivity index (χ3v) is 5.93. The molecule has 0 aliphatic heterocycles. The van der Waals surface area contributed by atoms with E-state index in [1.54, 1.807) is 6.33 Å². The van der Waals surface area contributed by atoms with Crippen LogP contribution in [0.1, 0.15) is 47.6 Å². The number of amides is 1. The summed E-state index contributed by atoms with van der Waals surface area (Å²) in [6.45, 7) is 5.56. The van der Waals surface area contributed by atoms with Gasteiger partial charge in [0.1, 0.15) is 6.33 Å². The van der Waals surface area contributed by atoms with Crippen LogP contribution < -0.4 is 5.32 Å². The monoisotopic (exact) mass is 409 g/mol. The van der Waals surface area contributed by atoms with Gasteiger partial charge in [-0.05, 0) is 51.0 Å². The highest BCUT2D eigenvalue weighted by Gasteiger charge is 2.28. The molecule has 0 saturated heterocycles. The maximum atomic E-state index is 12.9. The van der Waals surface area contributed by atoms with Crippen LogP contribution in [-0.4, -0.2) is 36.8 Å². The van der Waals surface area contributed by atoms with E-state index in [1.807, 2.05) is 41.8 Å². The molecule has 3 aromatic rings. The van der Waals surface area contributed by atoms with E-state index in [2.05, 4.69) is 27.0 Å². The Morgan fingerprint density at radius 3 is 2.76 bits per heavy atom. The van der Waals surface area contributed by atoms with Gasteiger partial charge in [0, 0.05) is 35.6 Å². The van der Waals surface area contributed by atoms with E-state index >= 15 is 0 Å². The standard InChI is InChI=1S/C21H23N5O2S/c1-13-9-19(14(2)26(13)17-7-8-17)20(28)11-29-21-24-22-12-25(21)18-6-4-5-16(10-18)23-15(3)27/h4-6,9-10,12,17H,7-8,11H2,1-3H3,(H,23,27). The van der Waals surface area contributed by atoms with Crippen LogP contribution in [0.5, 0.6) is 0 Å². The largest absolute Gasteiger partial charge is 0.345 e. The number of rotatable bonds is 7. The summed E-state index contributed by atoms with van der Waals surface area (Å²) in [5.74, 6) is 0.255. The number of carbonyl (C=O) groups is 2. The van der Waals surface area contributed by atoms with Crippen LogP contribution in [0, 0.1) is 13.8 Å². The zero-order valence-electron chi connectivity index (χ0n) is 16.7. The highest BCUT2D eigenvalue weighted by atomic mass is 32.2. The fourth-order valence-electron chi connectivity index (χ4n) is 3.60. The van der Waals surface area contributed by atoms with Crippen molar-refractivity contribution >= 4 is 29.1 Å². The molecule has 1 N–H and O–H groups in total. The summed E-state index contributed by atoms with van der Waals surface area (Å²) in [5, 5.41) is 11.6. The fourth-order valence-corrected chi connectivity index (χ4v) is 4.41. The van der Waals surface area contributed by atoms with Crippen molar-refractivity contribution in [2.24, 2.45) is 0 Å². The van der Waals surface area contributed by atoms with E-state index in [0.29, 0.717) is 22.6 Å². The van der Waals surface area contributed by atoms with Crippen LogP contribution in [0.25, 0.3) is 5.69 Å². The van der Waals surface area contributed by atoms with E-state index in [0.717, 1.165) is 22.6 Å². The molecule has 2 aromatic heterocycles. The molecule has 150 valence electrons. The molecule has 1 amide bonds. The number of carbonyl (C=O) groups excluding carboxylic acids is 2. The minimum atomic E-state index is -0.130. The van der Waals surface area contributed by atoms with E-state index in [9.17, 15) is 9.59 Å². The molecular formula is C21H23N5O2S. The lowest BCUT2D eigenvalue weighted by atomic mass is 10.2. The van der Waals surface area contributed by atoms with E-state index < -0.39 is 0 Å². The molecule has 1 fully saturated rings. The normalized spacial score (nSPS) is 13.5. The molecule has 0 atom stereocenters. The second-order valence-corrected chi connectivity index (χ2v) is 8.26. The van der Waals surface area contributed by atoms with Gasteiger partial charge < -0.3 is 9.88 Å². The third-order valence-electron chi connectivity index (χ3n) is 4.99. The molecule has 29 heavy (non-hydrogen) atoms. The maximum absolute atomic E-state index is 12.9. The number of nitrogens with one attached hydrogen (secondary N) is 1. The van der Waals surface area contributed by atoms with E-state index in [-0.39, 0.29) is 11.7 Å². The predicted octanol–water partition coefficient (Wildman–Crippen LogP) is 3.95. The summed E-state index contributed by atoms with van der Waals surface area (Å²) < 4.78 is 4.10. The lowest BCUT2D eigenvalue weighted by molar-refractivity contribution is -0.114. The van der Waals surface area contributed by atoms with Gasteiger partial charge in [-0.25, -0.2) is 0 Å². The van der Waals surface area contributed by atoms with Crippen molar-refractivity contribution in [1.29, 1.82) is 0 Å². The molecule has 0 bridgehead atoms. The minimum Gasteiger partial charge on any atom is -0.345 e. The summed E-state index contributed by atoms with van der Waals surface area (Å²) in [7, 11) is 0. The summed E-state index contributed by atoms with van der Waals surface area (Å²) >= 11 is 1.36. The fraction of sp³-hybridized carbons (Fsp3) is 0.333. The Balaban J connectivity index is 1.50. The molecule has 1 aliphatic rings. The highest BCUT2D eigenvalue weighted by Crippen LogP contribution is 2.38. The van der Waals surface area contributed by atoms with Crippen molar-refractivity contribution in [2.75, 3.05) is 11.1 Å². The lowest BCUT2D eigenvalue weighted by Gasteiger charge is -2.09. The zero-order chi connectivity index (χ0) is 20.5. The molecule has 4 rings (SSSR count). The van der Waals surface area contributed by atoms with E-state index in [4.69, 9.17) is 0 Å². The molecule has 2 heterocycles. The van der Waals surface area contributed by atoms with Gasteiger partial charge in [0.05, 0.1) is 11.4 Å². The van der Waals surface area contributed by atoms with Crippen LogP contribution >= 0.6 is 11.8 Å². The number of hydrogen-bond acceptors (Lipinski definition) is 5. The van der Waals surface area contributed by atoms with Crippen molar-refractivity contribution in [2.45, 2.75) is 44.8 Å². The Labute approximate surface area is 173 Å². The van der Waals surface area contributed by atoms with Crippen molar-refractivity contribution in [3.63, 3.8) is 0 Å². The van der Waals surface area contributed by atoms with Crippen LogP contribution in [0.15, 0.2) is 41.8 Å².